The highest BCUT2D eigenvalue weighted by atomic mass is 31.1. The number of nitrogens with zero attached hydrogens (tertiary/aromatic N) is 1. The molecule has 0 unspecified atom stereocenters. The Hall–Kier alpha value is -0.430. The lowest BCUT2D eigenvalue weighted by atomic mass is 9.74. The first kappa shape index (κ1) is 11.6. The fraction of sp³-hybridized carbons (Fsp3) is 0.571. The van der Waals surface area contributed by atoms with E-state index in [0.29, 0.717) is 5.41 Å². The van der Waals surface area contributed by atoms with Crippen molar-refractivity contribution in [2.75, 3.05) is 39.5 Å². The lowest BCUT2D eigenvalue weighted by Gasteiger charge is -2.56. The van der Waals surface area contributed by atoms with E-state index in [1.807, 2.05) is 0 Å². The van der Waals surface area contributed by atoms with Gasteiger partial charge in [-0.15, -0.1) is 0 Å². The fourth-order valence-corrected chi connectivity index (χ4v) is 3.62. The summed E-state index contributed by atoms with van der Waals surface area (Å²) in [4.78, 5) is 2.57. The number of likely N-dealkylation sites (tertiary alicyclic amines) is 1. The lowest BCUT2D eigenvalue weighted by Crippen LogP contribution is -2.70. The molecule has 3 heteroatoms. The van der Waals surface area contributed by atoms with Crippen LogP contribution in [0.1, 0.15) is 5.56 Å². The Morgan fingerprint density at radius 2 is 1.82 bits per heavy atom. The maximum atomic E-state index is 3.38. The van der Waals surface area contributed by atoms with Crippen molar-refractivity contribution in [3.63, 3.8) is 0 Å². The number of hydrogen-bond donors (Lipinski definition) is 1. The fourth-order valence-electron chi connectivity index (χ4n) is 2.87. The molecule has 1 aromatic carbocycles. The van der Waals surface area contributed by atoms with Gasteiger partial charge in [-0.1, -0.05) is 32.2 Å². The van der Waals surface area contributed by atoms with Gasteiger partial charge in [0, 0.05) is 38.1 Å². The van der Waals surface area contributed by atoms with Crippen molar-refractivity contribution in [3.8, 4) is 0 Å². The highest BCUT2D eigenvalue weighted by Crippen LogP contribution is 2.34. The molecule has 2 nitrogen and oxygen atoms in total. The number of hydrogen-bond acceptors (Lipinski definition) is 2. The minimum absolute atomic E-state index is 0.0512. The third-order valence-corrected chi connectivity index (χ3v) is 5.31. The molecule has 1 aromatic rings. The molecule has 0 aromatic heterocycles. The van der Waals surface area contributed by atoms with E-state index < -0.39 is 0 Å². The topological polar surface area (TPSA) is 15.3 Å². The van der Waals surface area contributed by atoms with E-state index in [-0.39, 0.29) is 7.92 Å². The summed E-state index contributed by atoms with van der Waals surface area (Å²) < 4.78 is 0. The quantitative estimate of drug-likeness (QED) is 0.815. The van der Waals surface area contributed by atoms with Crippen molar-refractivity contribution in [2.45, 2.75) is 6.54 Å². The minimum atomic E-state index is 0.0512. The minimum Gasteiger partial charge on any atom is -0.315 e. The Morgan fingerprint density at radius 3 is 2.29 bits per heavy atom. The van der Waals surface area contributed by atoms with Crippen LogP contribution >= 0.6 is 7.92 Å². The van der Waals surface area contributed by atoms with Gasteiger partial charge in [-0.2, -0.15) is 0 Å². The van der Waals surface area contributed by atoms with Gasteiger partial charge in [0.1, 0.15) is 0 Å². The first-order chi connectivity index (χ1) is 8.17. The van der Waals surface area contributed by atoms with E-state index in [2.05, 4.69) is 47.8 Å². The summed E-state index contributed by atoms with van der Waals surface area (Å²) >= 11 is 0. The summed E-state index contributed by atoms with van der Waals surface area (Å²) in [6.45, 7) is 10.8. The van der Waals surface area contributed by atoms with Crippen molar-refractivity contribution < 1.29 is 0 Å². The van der Waals surface area contributed by atoms with Crippen molar-refractivity contribution >= 4 is 13.2 Å². The van der Waals surface area contributed by atoms with Crippen LogP contribution in [0.25, 0.3) is 0 Å². The molecule has 0 amide bonds. The molecule has 92 valence electrons. The molecule has 17 heavy (non-hydrogen) atoms. The molecular formula is C14H21N2P. The van der Waals surface area contributed by atoms with Crippen LogP contribution in [0.3, 0.4) is 0 Å². The van der Waals surface area contributed by atoms with Gasteiger partial charge < -0.3 is 5.32 Å². The first-order valence-corrected chi connectivity index (χ1v) is 8.60. The second kappa shape index (κ2) is 4.35. The molecule has 0 atom stereocenters. The summed E-state index contributed by atoms with van der Waals surface area (Å²) in [5, 5.41) is 4.89. The largest absolute Gasteiger partial charge is 0.315 e. The molecule has 2 heterocycles. The number of nitrogens with one attached hydrogen (secondary N) is 1. The number of benzene rings is 1. The van der Waals surface area contributed by atoms with E-state index in [1.165, 1.54) is 37.0 Å². The van der Waals surface area contributed by atoms with Crippen molar-refractivity contribution in [1.82, 2.24) is 10.2 Å². The van der Waals surface area contributed by atoms with E-state index in [1.54, 1.807) is 0 Å². The van der Waals surface area contributed by atoms with Crippen LogP contribution < -0.4 is 10.6 Å². The predicted octanol–water partition coefficient (Wildman–Crippen LogP) is 1.46. The van der Waals surface area contributed by atoms with Crippen LogP contribution in [0, 0.1) is 5.41 Å². The van der Waals surface area contributed by atoms with E-state index in [0.717, 1.165) is 6.54 Å². The molecule has 0 aliphatic carbocycles. The molecule has 3 rings (SSSR count). The third kappa shape index (κ3) is 2.27. The SMILES string of the molecule is CP(C)c1ccc(CN2CC3(CNC3)C2)cc1. The van der Waals surface area contributed by atoms with Gasteiger partial charge in [0.15, 0.2) is 0 Å². The molecule has 0 bridgehead atoms. The Labute approximate surface area is 105 Å². The molecule has 1 N–H and O–H groups in total. The molecule has 2 aliphatic rings. The van der Waals surface area contributed by atoms with Crippen molar-refractivity contribution in [2.24, 2.45) is 5.41 Å². The zero-order valence-corrected chi connectivity index (χ0v) is 11.6. The zero-order valence-electron chi connectivity index (χ0n) is 10.7. The van der Waals surface area contributed by atoms with Crippen molar-refractivity contribution in [1.29, 1.82) is 0 Å². The van der Waals surface area contributed by atoms with Gasteiger partial charge in [-0.05, 0) is 24.2 Å². The first-order valence-electron chi connectivity index (χ1n) is 6.36. The average molecular weight is 248 g/mol. The van der Waals surface area contributed by atoms with Crippen LogP contribution in [-0.4, -0.2) is 44.4 Å². The monoisotopic (exact) mass is 248 g/mol. The van der Waals surface area contributed by atoms with Crippen molar-refractivity contribution in [3.05, 3.63) is 29.8 Å². The van der Waals surface area contributed by atoms with Crippen LogP contribution in [-0.2, 0) is 6.54 Å². The molecule has 2 fully saturated rings. The van der Waals surface area contributed by atoms with Gasteiger partial charge in [0.05, 0.1) is 0 Å². The Kier molecular flexibility index (Phi) is 2.98. The summed E-state index contributed by atoms with van der Waals surface area (Å²) in [5.74, 6) is 0. The normalized spacial score (nSPS) is 22.5. The predicted molar refractivity (Wildman–Crippen MR) is 75.4 cm³/mol. The Balaban J connectivity index is 1.55. The molecule has 1 spiro atoms. The molecule has 2 saturated heterocycles. The lowest BCUT2D eigenvalue weighted by molar-refractivity contribution is -0.0444. The van der Waals surface area contributed by atoms with Gasteiger partial charge >= 0.3 is 0 Å². The van der Waals surface area contributed by atoms with Gasteiger partial charge in [-0.25, -0.2) is 0 Å². The summed E-state index contributed by atoms with van der Waals surface area (Å²) in [7, 11) is 0.0512. The zero-order chi connectivity index (χ0) is 11.9. The van der Waals surface area contributed by atoms with E-state index >= 15 is 0 Å². The smallest absolute Gasteiger partial charge is 0.0234 e. The number of rotatable bonds is 3. The molecular weight excluding hydrogens is 227 g/mol. The second-order valence-electron chi connectivity index (χ2n) is 5.81. The Morgan fingerprint density at radius 1 is 1.18 bits per heavy atom. The highest BCUT2D eigenvalue weighted by Gasteiger charge is 2.46. The van der Waals surface area contributed by atoms with Crippen LogP contribution in [0.4, 0.5) is 0 Å². The van der Waals surface area contributed by atoms with Crippen LogP contribution in [0.5, 0.6) is 0 Å². The summed E-state index contributed by atoms with van der Waals surface area (Å²) in [6.07, 6.45) is 0. The molecule has 0 radical (unpaired) electrons. The maximum absolute atomic E-state index is 3.38. The summed E-state index contributed by atoms with van der Waals surface area (Å²) in [6, 6.07) is 9.23. The van der Waals surface area contributed by atoms with Crippen LogP contribution in [0.15, 0.2) is 24.3 Å². The average Bonchev–Trinajstić information content (AvgIpc) is 2.20. The van der Waals surface area contributed by atoms with Crippen LogP contribution in [0.2, 0.25) is 0 Å². The highest BCUT2D eigenvalue weighted by molar-refractivity contribution is 7.64. The Bertz CT molecular complexity index is 387. The van der Waals surface area contributed by atoms with E-state index in [4.69, 9.17) is 0 Å². The van der Waals surface area contributed by atoms with E-state index in [9.17, 15) is 0 Å². The standard InChI is InChI=1S/C14H21N2P/c1-17(2)13-5-3-12(4-6-13)7-16-10-14(11-16)8-15-9-14/h3-6,15H,7-11H2,1-2H3. The maximum Gasteiger partial charge on any atom is 0.0234 e. The second-order valence-corrected chi connectivity index (χ2v) is 8.11. The molecule has 2 aliphatic heterocycles. The van der Waals surface area contributed by atoms with Gasteiger partial charge in [0.25, 0.3) is 0 Å². The molecule has 0 saturated carbocycles. The van der Waals surface area contributed by atoms with Gasteiger partial charge in [-0.3, -0.25) is 4.90 Å². The third-order valence-electron chi connectivity index (χ3n) is 3.98. The van der Waals surface area contributed by atoms with Gasteiger partial charge in [0.2, 0.25) is 0 Å². The summed E-state index contributed by atoms with van der Waals surface area (Å²) in [5.41, 5.74) is 2.12.